The number of nitrogens with zero attached hydrogens (tertiary/aromatic N) is 4. The number of hydrogen-bond acceptors (Lipinski definition) is 6. The van der Waals surface area contributed by atoms with Crippen molar-refractivity contribution in [1.29, 1.82) is 5.26 Å². The minimum Gasteiger partial charge on any atom is -0.372 e. The highest BCUT2D eigenvalue weighted by molar-refractivity contribution is 5.66. The van der Waals surface area contributed by atoms with E-state index in [1.165, 1.54) is 30.7 Å². The number of nitro groups is 1. The van der Waals surface area contributed by atoms with Crippen molar-refractivity contribution in [2.75, 3.05) is 23.3 Å². The molecule has 1 aromatic heterocycles. The fourth-order valence-electron chi connectivity index (χ4n) is 2.85. The number of rotatable bonds is 4. The molecule has 122 valence electrons. The van der Waals surface area contributed by atoms with Crippen LogP contribution in [-0.2, 0) is 0 Å². The number of benzene rings is 1. The second kappa shape index (κ2) is 6.54. The molecule has 0 radical (unpaired) electrons. The molecule has 0 bridgehead atoms. The molecule has 0 spiro atoms. The Morgan fingerprint density at radius 1 is 1.29 bits per heavy atom. The van der Waals surface area contributed by atoms with Crippen molar-refractivity contribution >= 4 is 22.9 Å². The van der Waals surface area contributed by atoms with Crippen molar-refractivity contribution in [3.05, 3.63) is 51.7 Å². The molecule has 0 aliphatic carbocycles. The van der Waals surface area contributed by atoms with Crippen LogP contribution >= 0.6 is 0 Å². The summed E-state index contributed by atoms with van der Waals surface area (Å²) >= 11 is 0. The maximum atomic E-state index is 10.9. The monoisotopic (exact) mass is 323 g/mol. The third-order valence-corrected chi connectivity index (χ3v) is 4.12. The minimum absolute atomic E-state index is 0.198. The van der Waals surface area contributed by atoms with E-state index in [9.17, 15) is 10.1 Å². The smallest absolute Gasteiger partial charge is 0.305 e. The lowest BCUT2D eigenvalue weighted by molar-refractivity contribution is -0.385. The van der Waals surface area contributed by atoms with Gasteiger partial charge in [-0.05, 0) is 49.6 Å². The van der Waals surface area contributed by atoms with Crippen molar-refractivity contribution in [3.63, 3.8) is 0 Å². The second-order valence-electron chi connectivity index (χ2n) is 5.75. The summed E-state index contributed by atoms with van der Waals surface area (Å²) in [6, 6.07) is 10.7. The highest BCUT2D eigenvalue weighted by Crippen LogP contribution is 2.28. The maximum absolute atomic E-state index is 10.9. The molecule has 1 aliphatic rings. The number of aryl methyl sites for hydroxylation is 1. The topological polar surface area (TPSA) is 95.1 Å². The van der Waals surface area contributed by atoms with Crippen LogP contribution in [0.1, 0.15) is 24.1 Å². The van der Waals surface area contributed by atoms with Crippen LogP contribution in [0, 0.1) is 28.4 Å². The quantitative estimate of drug-likeness (QED) is 0.683. The molecule has 0 saturated carbocycles. The summed E-state index contributed by atoms with van der Waals surface area (Å²) < 4.78 is 0. The van der Waals surface area contributed by atoms with E-state index in [-0.39, 0.29) is 11.4 Å². The Morgan fingerprint density at radius 3 is 2.67 bits per heavy atom. The lowest BCUT2D eigenvalue weighted by atomic mass is 10.1. The number of hydrogen-bond donors (Lipinski definition) is 1. The summed E-state index contributed by atoms with van der Waals surface area (Å²) in [6.07, 6.45) is 2.45. The summed E-state index contributed by atoms with van der Waals surface area (Å²) in [5, 5.41) is 23.0. The molecule has 2 aromatic rings. The molecule has 2 heterocycles. The Morgan fingerprint density at radius 2 is 2.04 bits per heavy atom. The summed E-state index contributed by atoms with van der Waals surface area (Å²) in [5.41, 5.74) is 2.63. The van der Waals surface area contributed by atoms with Crippen molar-refractivity contribution < 1.29 is 4.92 Å². The number of nitriles is 1. The van der Waals surface area contributed by atoms with Gasteiger partial charge in [-0.3, -0.25) is 10.1 Å². The van der Waals surface area contributed by atoms with Gasteiger partial charge in [0.15, 0.2) is 0 Å². The Bertz CT molecular complexity index is 822. The first-order chi connectivity index (χ1) is 11.6. The summed E-state index contributed by atoms with van der Waals surface area (Å²) in [6.45, 7) is 4.17. The lowest BCUT2D eigenvalue weighted by Gasteiger charge is -2.19. The largest absolute Gasteiger partial charge is 0.372 e. The molecule has 0 unspecified atom stereocenters. The van der Waals surface area contributed by atoms with E-state index in [0.717, 1.165) is 24.3 Å². The summed E-state index contributed by atoms with van der Waals surface area (Å²) in [7, 11) is 0. The van der Waals surface area contributed by atoms with Gasteiger partial charge in [-0.1, -0.05) is 0 Å². The predicted octanol–water partition coefficient (Wildman–Crippen LogP) is 3.51. The van der Waals surface area contributed by atoms with Crippen LogP contribution in [0.3, 0.4) is 0 Å². The fourth-order valence-corrected chi connectivity index (χ4v) is 2.85. The molecule has 0 amide bonds. The molecule has 1 aromatic carbocycles. The minimum atomic E-state index is -0.606. The average molecular weight is 323 g/mol. The number of nitrogens with one attached hydrogen (secondary N) is 1. The van der Waals surface area contributed by atoms with Crippen molar-refractivity contribution in [1.82, 2.24) is 4.98 Å². The van der Waals surface area contributed by atoms with Crippen molar-refractivity contribution in [2.45, 2.75) is 19.8 Å². The highest BCUT2D eigenvalue weighted by atomic mass is 16.6. The normalized spacial score (nSPS) is 13.6. The van der Waals surface area contributed by atoms with Gasteiger partial charge in [0.25, 0.3) is 0 Å². The van der Waals surface area contributed by atoms with Gasteiger partial charge in [0, 0.05) is 30.5 Å². The second-order valence-corrected chi connectivity index (χ2v) is 5.75. The van der Waals surface area contributed by atoms with Crippen LogP contribution in [0.4, 0.5) is 22.9 Å². The van der Waals surface area contributed by atoms with Gasteiger partial charge < -0.3 is 10.2 Å². The van der Waals surface area contributed by atoms with E-state index in [1.807, 2.05) is 13.0 Å². The zero-order valence-electron chi connectivity index (χ0n) is 13.3. The third-order valence-electron chi connectivity index (χ3n) is 4.12. The first-order valence-electron chi connectivity index (χ1n) is 7.76. The molecule has 7 heteroatoms. The molecule has 0 atom stereocenters. The van der Waals surface area contributed by atoms with Gasteiger partial charge in [-0.15, -0.1) is 0 Å². The predicted molar refractivity (Wildman–Crippen MR) is 91.5 cm³/mol. The van der Waals surface area contributed by atoms with Gasteiger partial charge in [0.1, 0.15) is 11.9 Å². The van der Waals surface area contributed by atoms with Gasteiger partial charge in [0.05, 0.1) is 4.92 Å². The number of pyridine rings is 1. The molecular formula is C17H17N5O2. The van der Waals surface area contributed by atoms with Crippen LogP contribution in [0.25, 0.3) is 0 Å². The molecule has 1 fully saturated rings. The highest BCUT2D eigenvalue weighted by Gasteiger charge is 2.16. The Kier molecular flexibility index (Phi) is 4.29. The van der Waals surface area contributed by atoms with Gasteiger partial charge >= 0.3 is 5.69 Å². The Hall–Kier alpha value is -3.14. The van der Waals surface area contributed by atoms with Crippen LogP contribution < -0.4 is 10.2 Å². The summed E-state index contributed by atoms with van der Waals surface area (Å²) in [5.74, 6) is 0.411. The Balaban J connectivity index is 1.83. The van der Waals surface area contributed by atoms with E-state index < -0.39 is 4.92 Å². The van der Waals surface area contributed by atoms with E-state index in [1.54, 1.807) is 6.07 Å². The van der Waals surface area contributed by atoms with E-state index >= 15 is 0 Å². The molecule has 3 rings (SSSR count). The molecule has 24 heavy (non-hydrogen) atoms. The lowest BCUT2D eigenvalue weighted by Crippen LogP contribution is -2.17. The molecular weight excluding hydrogens is 306 g/mol. The van der Waals surface area contributed by atoms with Crippen LogP contribution in [-0.4, -0.2) is 23.0 Å². The van der Waals surface area contributed by atoms with Crippen LogP contribution in [0.5, 0.6) is 0 Å². The first kappa shape index (κ1) is 15.7. The fraction of sp³-hybridized carbons (Fsp3) is 0.294. The average Bonchev–Trinajstić information content (AvgIpc) is 3.11. The molecule has 7 nitrogen and oxygen atoms in total. The van der Waals surface area contributed by atoms with Gasteiger partial charge in [-0.25, -0.2) is 4.98 Å². The third kappa shape index (κ3) is 3.13. The summed E-state index contributed by atoms with van der Waals surface area (Å²) in [4.78, 5) is 16.6. The SMILES string of the molecule is Cc1cc(N2CCCC2)ccc1Nc1ccc([N+](=O)[O-])c(C#N)n1. The molecule has 1 aliphatic heterocycles. The zero-order valence-corrected chi connectivity index (χ0v) is 13.3. The van der Waals surface area contributed by atoms with E-state index in [2.05, 4.69) is 27.3 Å². The number of aromatic nitrogens is 1. The van der Waals surface area contributed by atoms with E-state index in [4.69, 9.17) is 5.26 Å². The van der Waals surface area contributed by atoms with E-state index in [0.29, 0.717) is 5.82 Å². The maximum Gasteiger partial charge on any atom is 0.305 e. The van der Waals surface area contributed by atoms with Gasteiger partial charge in [0.2, 0.25) is 5.69 Å². The first-order valence-corrected chi connectivity index (χ1v) is 7.76. The molecule has 1 N–H and O–H groups in total. The Labute approximate surface area is 139 Å². The van der Waals surface area contributed by atoms with Crippen molar-refractivity contribution in [3.8, 4) is 6.07 Å². The van der Waals surface area contributed by atoms with Crippen LogP contribution in [0.15, 0.2) is 30.3 Å². The van der Waals surface area contributed by atoms with Crippen molar-refractivity contribution in [2.24, 2.45) is 0 Å². The van der Waals surface area contributed by atoms with Crippen LogP contribution in [0.2, 0.25) is 0 Å². The van der Waals surface area contributed by atoms with Gasteiger partial charge in [-0.2, -0.15) is 5.26 Å². The zero-order chi connectivity index (χ0) is 17.1. The standard InChI is InChI=1S/C17H17N5O2/c1-12-10-13(21-8-2-3-9-21)4-5-14(12)19-17-7-6-16(22(23)24)15(11-18)20-17/h4-7,10H,2-3,8-9H2,1H3,(H,19,20). The molecule has 1 saturated heterocycles. The number of anilines is 3.